The highest BCUT2D eigenvalue weighted by Crippen LogP contribution is 2.32. The number of rotatable bonds is 2. The van der Waals surface area contributed by atoms with E-state index in [4.69, 9.17) is 12.2 Å². The number of para-hydroxylation sites is 1. The Morgan fingerprint density at radius 3 is 2.33 bits per heavy atom. The van der Waals surface area contributed by atoms with Crippen molar-refractivity contribution in [3.8, 4) is 0 Å². The summed E-state index contributed by atoms with van der Waals surface area (Å²) in [7, 11) is 0. The quantitative estimate of drug-likeness (QED) is 0.707. The minimum Gasteiger partial charge on any atom is -0.348 e. The summed E-state index contributed by atoms with van der Waals surface area (Å²) in [6.45, 7) is 1.84. The topological polar surface area (TPSA) is 20.2 Å². The Hall–Kier alpha value is -2.59. The van der Waals surface area contributed by atoms with Gasteiger partial charge in [0.15, 0.2) is 5.11 Å². The van der Waals surface area contributed by atoms with Crippen molar-refractivity contribution >= 4 is 23.0 Å². The molecule has 0 aliphatic carbocycles. The van der Waals surface area contributed by atoms with Crippen LogP contribution in [-0.4, -0.2) is 21.1 Å². The van der Waals surface area contributed by atoms with Crippen molar-refractivity contribution < 1.29 is 0 Å². The summed E-state index contributed by atoms with van der Waals surface area (Å²) >= 11 is 5.74. The molecule has 2 aromatic carbocycles. The van der Waals surface area contributed by atoms with Gasteiger partial charge in [0, 0.05) is 30.7 Å². The predicted octanol–water partition coefficient (Wildman–Crippen LogP) is 4.29. The molecule has 120 valence electrons. The number of nitrogens with zero attached hydrogens (tertiary/aromatic N) is 2. The molecule has 0 bridgehead atoms. The van der Waals surface area contributed by atoms with E-state index < -0.39 is 0 Å². The van der Waals surface area contributed by atoms with Crippen LogP contribution in [0.4, 0.5) is 5.69 Å². The van der Waals surface area contributed by atoms with Crippen molar-refractivity contribution in [2.75, 3.05) is 11.9 Å². The average molecular weight is 333 g/mol. The largest absolute Gasteiger partial charge is 0.348 e. The van der Waals surface area contributed by atoms with Crippen LogP contribution in [-0.2, 0) is 6.54 Å². The van der Waals surface area contributed by atoms with E-state index in [2.05, 4.69) is 63.4 Å². The Morgan fingerprint density at radius 2 is 1.58 bits per heavy atom. The van der Waals surface area contributed by atoms with E-state index in [1.54, 1.807) is 0 Å². The fraction of sp³-hybridized carbons (Fsp3) is 0.150. The summed E-state index contributed by atoms with van der Waals surface area (Å²) in [6, 6.07) is 25.1. The molecule has 0 radical (unpaired) electrons. The molecule has 1 N–H and O–H groups in total. The molecule has 1 aliphatic rings. The molecule has 24 heavy (non-hydrogen) atoms. The smallest absolute Gasteiger partial charge is 0.174 e. The normalized spacial score (nSPS) is 16.5. The number of thiocarbonyl (C=S) groups is 1. The van der Waals surface area contributed by atoms with Crippen molar-refractivity contribution in [2.24, 2.45) is 0 Å². The fourth-order valence-electron chi connectivity index (χ4n) is 3.31. The zero-order chi connectivity index (χ0) is 16.4. The van der Waals surface area contributed by atoms with E-state index in [0.29, 0.717) is 0 Å². The molecule has 0 spiro atoms. The first kappa shape index (κ1) is 15.0. The summed E-state index contributed by atoms with van der Waals surface area (Å²) in [4.78, 5) is 2.28. The summed E-state index contributed by atoms with van der Waals surface area (Å²) < 4.78 is 2.32. The highest BCUT2D eigenvalue weighted by Gasteiger charge is 2.30. The third-order valence-corrected chi connectivity index (χ3v) is 4.78. The van der Waals surface area contributed by atoms with E-state index in [9.17, 15) is 0 Å². The predicted molar refractivity (Wildman–Crippen MR) is 102 cm³/mol. The van der Waals surface area contributed by atoms with Crippen LogP contribution in [0.1, 0.15) is 17.3 Å². The first-order valence-electron chi connectivity index (χ1n) is 8.15. The first-order valence-corrected chi connectivity index (χ1v) is 8.56. The Kier molecular flexibility index (Phi) is 4.05. The number of hydrogen-bond acceptors (Lipinski definition) is 1. The molecule has 1 atom stereocenters. The van der Waals surface area contributed by atoms with Gasteiger partial charge in [0.25, 0.3) is 0 Å². The Balaban J connectivity index is 1.67. The van der Waals surface area contributed by atoms with Crippen LogP contribution in [0.25, 0.3) is 0 Å². The monoisotopic (exact) mass is 333 g/mol. The SMILES string of the molecule is S=C(Nc1ccccc1)N1CCn2cccc2C1c1ccccc1. The molecule has 0 fully saturated rings. The van der Waals surface area contributed by atoms with Gasteiger partial charge in [-0.05, 0) is 42.0 Å². The molecule has 0 saturated heterocycles. The van der Waals surface area contributed by atoms with Gasteiger partial charge in [-0.25, -0.2) is 0 Å². The second-order valence-electron chi connectivity index (χ2n) is 5.93. The maximum absolute atomic E-state index is 5.74. The molecule has 0 amide bonds. The fourth-order valence-corrected chi connectivity index (χ4v) is 3.62. The van der Waals surface area contributed by atoms with Crippen LogP contribution in [0.5, 0.6) is 0 Å². The van der Waals surface area contributed by atoms with Crippen LogP contribution >= 0.6 is 12.2 Å². The Bertz CT molecular complexity index is 826. The van der Waals surface area contributed by atoms with Crippen molar-refractivity contribution in [2.45, 2.75) is 12.6 Å². The summed E-state index contributed by atoms with van der Waals surface area (Å²) in [5, 5.41) is 4.15. The number of aromatic nitrogens is 1. The second kappa shape index (κ2) is 6.49. The lowest BCUT2D eigenvalue weighted by atomic mass is 10.0. The highest BCUT2D eigenvalue weighted by molar-refractivity contribution is 7.80. The molecule has 1 unspecified atom stereocenters. The van der Waals surface area contributed by atoms with Crippen LogP contribution in [0, 0.1) is 0 Å². The van der Waals surface area contributed by atoms with Crippen LogP contribution in [0.3, 0.4) is 0 Å². The molecule has 4 rings (SSSR count). The minimum atomic E-state index is 0.138. The summed E-state index contributed by atoms with van der Waals surface area (Å²) in [5.74, 6) is 0. The van der Waals surface area contributed by atoms with E-state index in [1.165, 1.54) is 11.3 Å². The van der Waals surface area contributed by atoms with Gasteiger partial charge in [0.2, 0.25) is 0 Å². The average Bonchev–Trinajstić information content (AvgIpc) is 3.11. The number of hydrogen-bond donors (Lipinski definition) is 1. The van der Waals surface area contributed by atoms with Gasteiger partial charge >= 0.3 is 0 Å². The second-order valence-corrected chi connectivity index (χ2v) is 6.32. The van der Waals surface area contributed by atoms with E-state index in [0.717, 1.165) is 23.9 Å². The molecular weight excluding hydrogens is 314 g/mol. The number of nitrogens with one attached hydrogen (secondary N) is 1. The minimum absolute atomic E-state index is 0.138. The van der Waals surface area contributed by atoms with Gasteiger partial charge in [0.05, 0.1) is 6.04 Å². The lowest BCUT2D eigenvalue weighted by Gasteiger charge is -2.39. The maximum Gasteiger partial charge on any atom is 0.174 e. The molecule has 2 heterocycles. The summed E-state index contributed by atoms with van der Waals surface area (Å²) in [5.41, 5.74) is 3.56. The molecular formula is C20H19N3S. The van der Waals surface area contributed by atoms with Gasteiger partial charge in [0.1, 0.15) is 0 Å². The number of fused-ring (bicyclic) bond motifs is 1. The maximum atomic E-state index is 5.74. The zero-order valence-electron chi connectivity index (χ0n) is 13.3. The first-order chi connectivity index (χ1) is 11.8. The van der Waals surface area contributed by atoms with Crippen LogP contribution in [0.15, 0.2) is 79.0 Å². The zero-order valence-corrected chi connectivity index (χ0v) is 14.1. The van der Waals surface area contributed by atoms with Gasteiger partial charge in [-0.2, -0.15) is 0 Å². The standard InChI is InChI=1S/C20H19N3S/c24-20(21-17-10-5-2-6-11-17)23-15-14-22-13-7-12-18(22)19(23)16-8-3-1-4-9-16/h1-13,19H,14-15H2,(H,21,24). The van der Waals surface area contributed by atoms with Gasteiger partial charge in [-0.15, -0.1) is 0 Å². The molecule has 1 aromatic heterocycles. The molecule has 1 aliphatic heterocycles. The van der Waals surface area contributed by atoms with Crippen molar-refractivity contribution in [1.29, 1.82) is 0 Å². The van der Waals surface area contributed by atoms with Crippen molar-refractivity contribution in [3.05, 3.63) is 90.3 Å². The van der Waals surface area contributed by atoms with Gasteiger partial charge in [-0.1, -0.05) is 48.5 Å². The van der Waals surface area contributed by atoms with Crippen LogP contribution in [0.2, 0.25) is 0 Å². The molecule has 0 saturated carbocycles. The van der Waals surface area contributed by atoms with Gasteiger partial charge < -0.3 is 14.8 Å². The van der Waals surface area contributed by atoms with E-state index >= 15 is 0 Å². The van der Waals surface area contributed by atoms with E-state index in [1.807, 2.05) is 30.3 Å². The Morgan fingerprint density at radius 1 is 0.875 bits per heavy atom. The summed E-state index contributed by atoms with van der Waals surface area (Å²) in [6.07, 6.45) is 2.15. The van der Waals surface area contributed by atoms with Crippen molar-refractivity contribution in [1.82, 2.24) is 9.47 Å². The third kappa shape index (κ3) is 2.81. The van der Waals surface area contributed by atoms with Crippen LogP contribution < -0.4 is 5.32 Å². The molecule has 4 heteroatoms. The molecule has 3 nitrogen and oxygen atoms in total. The lowest BCUT2D eigenvalue weighted by Crippen LogP contribution is -2.44. The van der Waals surface area contributed by atoms with E-state index in [-0.39, 0.29) is 6.04 Å². The lowest BCUT2D eigenvalue weighted by molar-refractivity contribution is 0.293. The number of anilines is 1. The third-order valence-electron chi connectivity index (χ3n) is 4.44. The van der Waals surface area contributed by atoms with Crippen molar-refractivity contribution in [3.63, 3.8) is 0 Å². The highest BCUT2D eigenvalue weighted by atomic mass is 32.1. The molecule has 3 aromatic rings. The Labute approximate surface area is 147 Å². The van der Waals surface area contributed by atoms with Gasteiger partial charge in [-0.3, -0.25) is 0 Å². The number of benzene rings is 2.